The highest BCUT2D eigenvalue weighted by molar-refractivity contribution is 5.31. The summed E-state index contributed by atoms with van der Waals surface area (Å²) >= 11 is 0. The molecule has 2 atom stereocenters. The fourth-order valence-corrected chi connectivity index (χ4v) is 2.16. The number of likely N-dealkylation sites (N-methyl/N-ethyl adjacent to an activating group) is 1. The summed E-state index contributed by atoms with van der Waals surface area (Å²) in [5.41, 5.74) is 2.71. The fourth-order valence-electron chi connectivity index (χ4n) is 2.16. The number of benzene rings is 1. The zero-order valence-corrected chi connectivity index (χ0v) is 8.79. The van der Waals surface area contributed by atoms with Gasteiger partial charge in [0, 0.05) is 0 Å². The van der Waals surface area contributed by atoms with E-state index in [4.69, 9.17) is 4.74 Å². The van der Waals surface area contributed by atoms with Crippen molar-refractivity contribution >= 4 is 0 Å². The third kappa shape index (κ3) is 1.56. The summed E-state index contributed by atoms with van der Waals surface area (Å²) in [6.45, 7) is 2.93. The number of hydrogen-bond acceptors (Lipinski definition) is 2. The quantitative estimate of drug-likeness (QED) is 0.774. The van der Waals surface area contributed by atoms with Crippen LogP contribution >= 0.6 is 0 Å². The van der Waals surface area contributed by atoms with Gasteiger partial charge in [0.2, 0.25) is 0 Å². The van der Waals surface area contributed by atoms with E-state index < -0.39 is 0 Å². The van der Waals surface area contributed by atoms with Crippen molar-refractivity contribution in [2.24, 2.45) is 0 Å². The van der Waals surface area contributed by atoms with Gasteiger partial charge >= 0.3 is 0 Å². The van der Waals surface area contributed by atoms with Crippen LogP contribution in [0, 0.1) is 0 Å². The summed E-state index contributed by atoms with van der Waals surface area (Å²) in [4.78, 5) is 0. The Bertz CT molecular complexity index is 311. The SMILES string of the molecule is CC[C@@H]1OCc2ccccc2[C@@H]1NC. The van der Waals surface area contributed by atoms with E-state index in [1.165, 1.54) is 11.1 Å². The maximum Gasteiger partial charge on any atom is 0.0771 e. The van der Waals surface area contributed by atoms with Gasteiger partial charge in [0.05, 0.1) is 18.8 Å². The average molecular weight is 191 g/mol. The Morgan fingerprint density at radius 2 is 2.21 bits per heavy atom. The number of fused-ring (bicyclic) bond motifs is 1. The number of nitrogens with one attached hydrogen (secondary N) is 1. The standard InChI is InChI=1S/C12H17NO/c1-3-11-12(13-2)10-7-5-4-6-9(10)8-14-11/h4-7,11-13H,3,8H2,1-2H3/t11-,12-/m0/s1. The van der Waals surface area contributed by atoms with Gasteiger partial charge in [-0.3, -0.25) is 0 Å². The third-order valence-corrected chi connectivity index (χ3v) is 2.93. The van der Waals surface area contributed by atoms with Crippen LogP contribution in [0.2, 0.25) is 0 Å². The summed E-state index contributed by atoms with van der Waals surface area (Å²) in [7, 11) is 2.00. The lowest BCUT2D eigenvalue weighted by Crippen LogP contribution is -2.35. The molecule has 0 fully saturated rings. The van der Waals surface area contributed by atoms with E-state index in [0.29, 0.717) is 12.1 Å². The topological polar surface area (TPSA) is 21.3 Å². The second-order valence-electron chi connectivity index (χ2n) is 3.72. The summed E-state index contributed by atoms with van der Waals surface area (Å²) in [5.74, 6) is 0. The van der Waals surface area contributed by atoms with Crippen LogP contribution in [-0.2, 0) is 11.3 Å². The highest BCUT2D eigenvalue weighted by Crippen LogP contribution is 2.30. The monoisotopic (exact) mass is 191 g/mol. The minimum Gasteiger partial charge on any atom is -0.372 e. The fraction of sp³-hybridized carbons (Fsp3) is 0.500. The van der Waals surface area contributed by atoms with Crippen LogP contribution in [0.1, 0.15) is 30.5 Å². The van der Waals surface area contributed by atoms with Crippen molar-refractivity contribution in [3.8, 4) is 0 Å². The van der Waals surface area contributed by atoms with Gasteiger partial charge in [-0.1, -0.05) is 31.2 Å². The van der Waals surface area contributed by atoms with Crippen LogP contribution in [-0.4, -0.2) is 13.2 Å². The molecule has 2 nitrogen and oxygen atoms in total. The Morgan fingerprint density at radius 1 is 1.43 bits per heavy atom. The van der Waals surface area contributed by atoms with Gasteiger partial charge in [0.15, 0.2) is 0 Å². The average Bonchev–Trinajstić information content (AvgIpc) is 2.27. The molecule has 0 amide bonds. The Morgan fingerprint density at radius 3 is 2.93 bits per heavy atom. The van der Waals surface area contributed by atoms with Crippen molar-refractivity contribution in [3.05, 3.63) is 35.4 Å². The van der Waals surface area contributed by atoms with Crippen molar-refractivity contribution in [2.75, 3.05) is 7.05 Å². The van der Waals surface area contributed by atoms with Gasteiger partial charge in [-0.25, -0.2) is 0 Å². The molecule has 1 aliphatic heterocycles. The molecule has 2 heteroatoms. The first kappa shape index (κ1) is 9.69. The van der Waals surface area contributed by atoms with Crippen LogP contribution < -0.4 is 5.32 Å². The van der Waals surface area contributed by atoms with E-state index in [1.54, 1.807) is 0 Å². The molecule has 0 saturated heterocycles. The van der Waals surface area contributed by atoms with Gasteiger partial charge in [-0.2, -0.15) is 0 Å². The van der Waals surface area contributed by atoms with E-state index in [2.05, 4.69) is 36.5 Å². The van der Waals surface area contributed by atoms with Crippen molar-refractivity contribution in [2.45, 2.75) is 32.1 Å². The molecule has 0 aliphatic carbocycles. The predicted octanol–water partition coefficient (Wildman–Crippen LogP) is 2.26. The molecule has 1 N–H and O–H groups in total. The summed E-state index contributed by atoms with van der Waals surface area (Å²) in [6, 6.07) is 8.86. The molecular formula is C12H17NO. The maximum absolute atomic E-state index is 5.79. The minimum absolute atomic E-state index is 0.315. The third-order valence-electron chi connectivity index (χ3n) is 2.93. The van der Waals surface area contributed by atoms with E-state index in [0.717, 1.165) is 13.0 Å². The molecule has 0 unspecified atom stereocenters. The van der Waals surface area contributed by atoms with E-state index in [-0.39, 0.29) is 0 Å². The van der Waals surface area contributed by atoms with Gasteiger partial charge in [-0.05, 0) is 24.6 Å². The molecule has 14 heavy (non-hydrogen) atoms. The van der Waals surface area contributed by atoms with Gasteiger partial charge in [-0.15, -0.1) is 0 Å². The molecule has 1 aromatic carbocycles. The molecule has 0 aromatic heterocycles. The summed E-state index contributed by atoms with van der Waals surface area (Å²) < 4.78 is 5.79. The van der Waals surface area contributed by atoms with Gasteiger partial charge < -0.3 is 10.1 Å². The van der Waals surface area contributed by atoms with Crippen molar-refractivity contribution in [1.82, 2.24) is 5.32 Å². The lowest BCUT2D eigenvalue weighted by Gasteiger charge is -2.33. The Hall–Kier alpha value is -0.860. The Balaban J connectivity index is 2.34. The van der Waals surface area contributed by atoms with Crippen molar-refractivity contribution in [1.29, 1.82) is 0 Å². The van der Waals surface area contributed by atoms with Crippen LogP contribution in [0.25, 0.3) is 0 Å². The molecule has 1 heterocycles. The summed E-state index contributed by atoms with van der Waals surface area (Å²) in [5, 5.41) is 3.34. The van der Waals surface area contributed by atoms with Crippen molar-refractivity contribution < 1.29 is 4.74 Å². The maximum atomic E-state index is 5.79. The van der Waals surface area contributed by atoms with E-state index in [1.807, 2.05) is 7.05 Å². The Labute approximate surface area is 85.3 Å². The summed E-state index contributed by atoms with van der Waals surface area (Å²) in [6.07, 6.45) is 1.37. The number of rotatable bonds is 2. The van der Waals surface area contributed by atoms with Crippen LogP contribution in [0.15, 0.2) is 24.3 Å². The normalized spacial score (nSPS) is 25.9. The van der Waals surface area contributed by atoms with Crippen molar-refractivity contribution in [3.63, 3.8) is 0 Å². The first-order valence-corrected chi connectivity index (χ1v) is 5.23. The van der Waals surface area contributed by atoms with Crippen LogP contribution in [0.5, 0.6) is 0 Å². The molecule has 0 saturated carbocycles. The molecular weight excluding hydrogens is 174 g/mol. The molecule has 76 valence electrons. The minimum atomic E-state index is 0.315. The van der Waals surface area contributed by atoms with E-state index >= 15 is 0 Å². The molecule has 0 radical (unpaired) electrons. The lowest BCUT2D eigenvalue weighted by atomic mass is 9.93. The molecule has 1 aromatic rings. The molecule has 1 aliphatic rings. The zero-order valence-electron chi connectivity index (χ0n) is 8.79. The molecule has 2 rings (SSSR count). The molecule has 0 bridgehead atoms. The number of ether oxygens (including phenoxy) is 1. The second-order valence-corrected chi connectivity index (χ2v) is 3.72. The Kier molecular flexibility index (Phi) is 2.85. The first-order chi connectivity index (χ1) is 6.86. The van der Waals surface area contributed by atoms with Gasteiger partial charge in [0.1, 0.15) is 0 Å². The lowest BCUT2D eigenvalue weighted by molar-refractivity contribution is -0.000905. The second kappa shape index (κ2) is 4.11. The van der Waals surface area contributed by atoms with E-state index in [9.17, 15) is 0 Å². The zero-order chi connectivity index (χ0) is 9.97. The largest absolute Gasteiger partial charge is 0.372 e. The highest BCUT2D eigenvalue weighted by atomic mass is 16.5. The van der Waals surface area contributed by atoms with Crippen LogP contribution in [0.3, 0.4) is 0 Å². The first-order valence-electron chi connectivity index (χ1n) is 5.23. The molecule has 0 spiro atoms. The number of hydrogen-bond donors (Lipinski definition) is 1. The predicted molar refractivity (Wildman–Crippen MR) is 57.1 cm³/mol. The highest BCUT2D eigenvalue weighted by Gasteiger charge is 2.27. The van der Waals surface area contributed by atoms with Crippen LogP contribution in [0.4, 0.5) is 0 Å². The smallest absolute Gasteiger partial charge is 0.0771 e. The van der Waals surface area contributed by atoms with Gasteiger partial charge in [0.25, 0.3) is 0 Å².